The Bertz CT molecular complexity index is 697. The summed E-state index contributed by atoms with van der Waals surface area (Å²) in [6.45, 7) is -1.40. The van der Waals surface area contributed by atoms with Gasteiger partial charge in [0.2, 0.25) is 5.91 Å². The summed E-state index contributed by atoms with van der Waals surface area (Å²) in [7, 11) is 0. The van der Waals surface area contributed by atoms with E-state index in [1.807, 2.05) is 0 Å². The highest BCUT2D eigenvalue weighted by atomic mass is 19.4. The molecule has 26 heavy (non-hydrogen) atoms. The van der Waals surface area contributed by atoms with Gasteiger partial charge in [-0.15, -0.1) is 0 Å². The average molecular weight is 370 g/mol. The predicted molar refractivity (Wildman–Crippen MR) is 87.8 cm³/mol. The third-order valence-corrected chi connectivity index (χ3v) is 4.61. The van der Waals surface area contributed by atoms with E-state index in [9.17, 15) is 22.8 Å². The van der Waals surface area contributed by atoms with Gasteiger partial charge in [-0.25, -0.2) is 0 Å². The van der Waals surface area contributed by atoms with Gasteiger partial charge in [-0.3, -0.25) is 9.59 Å². The van der Waals surface area contributed by atoms with Crippen molar-refractivity contribution in [2.24, 2.45) is 11.7 Å². The van der Waals surface area contributed by atoms with Gasteiger partial charge in [0.25, 0.3) is 5.91 Å². The highest BCUT2D eigenvalue weighted by Crippen LogP contribution is 2.44. The number of nitrogens with one attached hydrogen (secondary N) is 1. The minimum absolute atomic E-state index is 0.0496. The fourth-order valence-electron chi connectivity index (χ4n) is 2.99. The van der Waals surface area contributed by atoms with Gasteiger partial charge in [0, 0.05) is 18.0 Å². The molecule has 0 saturated heterocycles. The molecule has 0 aliphatic heterocycles. The van der Waals surface area contributed by atoms with Crippen molar-refractivity contribution in [3.63, 3.8) is 0 Å². The van der Waals surface area contributed by atoms with E-state index >= 15 is 0 Å². The van der Waals surface area contributed by atoms with Gasteiger partial charge in [0.15, 0.2) is 6.61 Å². The number of hydrogen-bond donors (Lipinski definition) is 2. The Balaban J connectivity index is 1.73. The van der Waals surface area contributed by atoms with Crippen LogP contribution in [0.1, 0.15) is 53.9 Å². The van der Waals surface area contributed by atoms with E-state index in [-0.39, 0.29) is 35.6 Å². The molecule has 2 aliphatic rings. The van der Waals surface area contributed by atoms with Crippen LogP contribution < -0.4 is 15.8 Å². The Morgan fingerprint density at radius 2 is 1.92 bits per heavy atom. The normalized spacial score (nSPS) is 18.3. The Morgan fingerprint density at radius 1 is 1.23 bits per heavy atom. The summed E-state index contributed by atoms with van der Waals surface area (Å²) < 4.78 is 42.4. The van der Waals surface area contributed by atoms with E-state index in [0.29, 0.717) is 5.56 Å². The SMILES string of the molecule is NC(=O)CC(NC(=O)c1ccc(C2CC2)c(OCC(F)(F)F)c1)C1CC1. The first-order chi connectivity index (χ1) is 12.2. The minimum atomic E-state index is -4.45. The third-order valence-electron chi connectivity index (χ3n) is 4.61. The number of carbonyl (C=O) groups is 2. The molecule has 142 valence electrons. The maximum Gasteiger partial charge on any atom is 0.422 e. The highest BCUT2D eigenvalue weighted by Gasteiger charge is 2.34. The standard InChI is InChI=1S/C18H21F3N2O3/c19-18(20,21)9-26-15-7-12(5-6-13(15)10-1-2-10)17(25)23-14(8-16(22)24)11-3-4-11/h5-7,10-11,14H,1-4,8-9H2,(H2,22,24)(H,23,25). The Morgan fingerprint density at radius 3 is 2.46 bits per heavy atom. The molecule has 2 amide bonds. The lowest BCUT2D eigenvalue weighted by atomic mass is 10.0. The lowest BCUT2D eigenvalue weighted by Gasteiger charge is -2.18. The predicted octanol–water partition coefficient (Wildman–Crippen LogP) is 2.89. The molecule has 8 heteroatoms. The van der Waals surface area contributed by atoms with E-state index in [4.69, 9.17) is 10.5 Å². The molecule has 2 fully saturated rings. The van der Waals surface area contributed by atoms with Crippen LogP contribution in [-0.4, -0.2) is 30.6 Å². The maximum absolute atomic E-state index is 12.5. The second-order valence-electron chi connectivity index (χ2n) is 7.02. The van der Waals surface area contributed by atoms with E-state index in [1.54, 1.807) is 12.1 Å². The number of amides is 2. The van der Waals surface area contributed by atoms with Gasteiger partial charge in [0.05, 0.1) is 0 Å². The number of nitrogens with two attached hydrogens (primary N) is 1. The van der Waals surface area contributed by atoms with Crippen LogP contribution in [-0.2, 0) is 4.79 Å². The van der Waals surface area contributed by atoms with Gasteiger partial charge >= 0.3 is 6.18 Å². The van der Waals surface area contributed by atoms with E-state index in [2.05, 4.69) is 5.32 Å². The van der Waals surface area contributed by atoms with Crippen molar-refractivity contribution >= 4 is 11.8 Å². The summed E-state index contributed by atoms with van der Waals surface area (Å²) in [6.07, 6.45) is -0.768. The molecule has 0 spiro atoms. The zero-order chi connectivity index (χ0) is 18.9. The third kappa shape index (κ3) is 5.12. The van der Waals surface area contributed by atoms with E-state index < -0.39 is 24.6 Å². The molecule has 0 aromatic heterocycles. The molecule has 0 bridgehead atoms. The van der Waals surface area contributed by atoms with E-state index in [1.165, 1.54) is 6.07 Å². The topological polar surface area (TPSA) is 81.4 Å². The van der Waals surface area contributed by atoms with Gasteiger partial charge in [0.1, 0.15) is 5.75 Å². The first kappa shape index (κ1) is 18.5. The van der Waals surface area contributed by atoms with Crippen LogP contribution in [0, 0.1) is 5.92 Å². The van der Waals surface area contributed by atoms with Gasteiger partial charge in [-0.1, -0.05) is 6.07 Å². The maximum atomic E-state index is 12.5. The summed E-state index contributed by atoms with van der Waals surface area (Å²) in [6, 6.07) is 4.24. The number of halogens is 3. The van der Waals surface area contributed by atoms with Gasteiger partial charge < -0.3 is 15.8 Å². The van der Waals surface area contributed by atoms with Crippen LogP contribution in [0.25, 0.3) is 0 Å². The number of hydrogen-bond acceptors (Lipinski definition) is 3. The van der Waals surface area contributed by atoms with Crippen molar-refractivity contribution in [2.45, 2.75) is 50.2 Å². The fourth-order valence-corrected chi connectivity index (χ4v) is 2.99. The molecule has 2 saturated carbocycles. The zero-order valence-electron chi connectivity index (χ0n) is 14.1. The molecule has 3 rings (SSSR count). The minimum Gasteiger partial charge on any atom is -0.484 e. The number of primary amides is 1. The number of ether oxygens (including phenoxy) is 1. The first-order valence-electron chi connectivity index (χ1n) is 8.65. The number of rotatable bonds is 8. The van der Waals surface area contributed by atoms with Gasteiger partial charge in [-0.05, 0) is 55.2 Å². The van der Waals surface area contributed by atoms with Gasteiger partial charge in [-0.2, -0.15) is 13.2 Å². The molecular formula is C18H21F3N2O3. The second kappa shape index (κ2) is 7.17. The number of alkyl halides is 3. The van der Waals surface area contributed by atoms with Crippen molar-refractivity contribution in [1.29, 1.82) is 0 Å². The molecule has 1 aromatic rings. The van der Waals surface area contributed by atoms with Crippen molar-refractivity contribution in [3.8, 4) is 5.75 Å². The average Bonchev–Trinajstić information content (AvgIpc) is 3.44. The molecule has 0 heterocycles. The van der Waals surface area contributed by atoms with Crippen molar-refractivity contribution in [3.05, 3.63) is 29.3 Å². The second-order valence-corrected chi connectivity index (χ2v) is 7.02. The monoisotopic (exact) mass is 370 g/mol. The molecule has 1 aromatic carbocycles. The lowest BCUT2D eigenvalue weighted by molar-refractivity contribution is -0.153. The van der Waals surface area contributed by atoms with Crippen LogP contribution in [0.3, 0.4) is 0 Å². The summed E-state index contributed by atoms with van der Waals surface area (Å²) in [5.74, 6) is -0.444. The summed E-state index contributed by atoms with van der Waals surface area (Å²) in [5.41, 5.74) is 6.13. The molecule has 1 atom stereocenters. The van der Waals surface area contributed by atoms with Crippen LogP contribution in [0.4, 0.5) is 13.2 Å². The van der Waals surface area contributed by atoms with Crippen LogP contribution in [0.2, 0.25) is 0 Å². The Kier molecular flexibility index (Phi) is 5.11. The Labute approximate surface area is 149 Å². The summed E-state index contributed by atoms with van der Waals surface area (Å²) in [5, 5.41) is 2.77. The quantitative estimate of drug-likeness (QED) is 0.738. The highest BCUT2D eigenvalue weighted by molar-refractivity contribution is 5.95. The van der Waals surface area contributed by atoms with Crippen molar-refractivity contribution in [1.82, 2.24) is 5.32 Å². The summed E-state index contributed by atoms with van der Waals surface area (Å²) >= 11 is 0. The van der Waals surface area contributed by atoms with Crippen molar-refractivity contribution < 1.29 is 27.5 Å². The van der Waals surface area contributed by atoms with Crippen molar-refractivity contribution in [2.75, 3.05) is 6.61 Å². The molecule has 2 aliphatic carbocycles. The first-order valence-corrected chi connectivity index (χ1v) is 8.65. The molecule has 3 N–H and O–H groups in total. The number of benzene rings is 1. The zero-order valence-corrected chi connectivity index (χ0v) is 14.1. The smallest absolute Gasteiger partial charge is 0.422 e. The van der Waals surface area contributed by atoms with Crippen LogP contribution >= 0.6 is 0 Å². The Hall–Kier alpha value is -2.25. The molecule has 5 nitrogen and oxygen atoms in total. The largest absolute Gasteiger partial charge is 0.484 e. The molecular weight excluding hydrogens is 349 g/mol. The fraction of sp³-hybridized carbons (Fsp3) is 0.556. The number of carbonyl (C=O) groups excluding carboxylic acids is 2. The van der Waals surface area contributed by atoms with Crippen LogP contribution in [0.15, 0.2) is 18.2 Å². The molecule has 1 unspecified atom stereocenters. The lowest BCUT2D eigenvalue weighted by Crippen LogP contribution is -2.39. The van der Waals surface area contributed by atoms with E-state index in [0.717, 1.165) is 25.7 Å². The molecule has 0 radical (unpaired) electrons. The van der Waals surface area contributed by atoms with Crippen LogP contribution in [0.5, 0.6) is 5.75 Å². The summed E-state index contributed by atoms with van der Waals surface area (Å²) in [4.78, 5) is 23.6.